The Kier molecular flexibility index (Phi) is 18.4. The van der Waals surface area contributed by atoms with Crippen LogP contribution in [0.1, 0.15) is 104 Å². The van der Waals surface area contributed by atoms with Gasteiger partial charge in [0.05, 0.1) is 0 Å². The SMILES string of the molecule is C=C[Si](C)(OCCCCC)O[Si](C)(C=C)OCCCCCCCCCCCCC. The molecule has 0 heterocycles. The molecule has 0 spiro atoms. The molecular formula is C24H50O3Si2. The fraction of sp³-hybridized carbons (Fsp3) is 0.833. The maximum absolute atomic E-state index is 6.40. The van der Waals surface area contributed by atoms with Crippen molar-refractivity contribution in [1.82, 2.24) is 0 Å². The van der Waals surface area contributed by atoms with Crippen molar-refractivity contribution < 1.29 is 13.0 Å². The molecular weight excluding hydrogens is 392 g/mol. The Balaban J connectivity index is 3.94. The lowest BCUT2D eigenvalue weighted by atomic mass is 10.1. The zero-order chi connectivity index (χ0) is 21.8. The van der Waals surface area contributed by atoms with E-state index in [1.54, 1.807) is 0 Å². The zero-order valence-corrected chi connectivity index (χ0v) is 22.1. The van der Waals surface area contributed by atoms with Crippen molar-refractivity contribution in [2.24, 2.45) is 0 Å². The van der Waals surface area contributed by atoms with Crippen molar-refractivity contribution in [3.05, 3.63) is 24.6 Å². The Labute approximate surface area is 184 Å². The summed E-state index contributed by atoms with van der Waals surface area (Å²) in [6.07, 6.45) is 18.2. The van der Waals surface area contributed by atoms with Crippen LogP contribution in [-0.2, 0) is 13.0 Å². The molecule has 2 atom stereocenters. The standard InChI is InChI=1S/C24H50O3Si2/c1-7-11-13-14-15-16-17-18-19-20-22-24-26-29(6,10-4)27-28(5,9-3)25-23-21-12-8-2/h9-10H,3-4,7-8,11-24H2,1-2,5-6H3. The van der Waals surface area contributed by atoms with Crippen LogP contribution >= 0.6 is 0 Å². The third-order valence-corrected chi connectivity index (χ3v) is 11.7. The van der Waals surface area contributed by atoms with Gasteiger partial charge in [-0.2, -0.15) is 0 Å². The van der Waals surface area contributed by atoms with Crippen LogP contribution in [0.2, 0.25) is 13.1 Å². The first-order valence-corrected chi connectivity index (χ1v) is 17.0. The molecule has 2 unspecified atom stereocenters. The topological polar surface area (TPSA) is 27.7 Å². The molecule has 0 radical (unpaired) electrons. The molecule has 0 rings (SSSR count). The predicted molar refractivity (Wildman–Crippen MR) is 133 cm³/mol. The van der Waals surface area contributed by atoms with E-state index in [9.17, 15) is 0 Å². The summed E-state index contributed by atoms with van der Waals surface area (Å²) < 4.78 is 18.7. The summed E-state index contributed by atoms with van der Waals surface area (Å²) in [5.74, 6) is 0. The van der Waals surface area contributed by atoms with Crippen LogP contribution in [0.4, 0.5) is 0 Å². The van der Waals surface area contributed by atoms with Gasteiger partial charge in [-0.1, -0.05) is 102 Å². The van der Waals surface area contributed by atoms with Gasteiger partial charge in [-0.15, -0.1) is 13.2 Å². The van der Waals surface area contributed by atoms with Gasteiger partial charge in [0.15, 0.2) is 0 Å². The predicted octanol–water partition coefficient (Wildman–Crippen LogP) is 8.13. The lowest BCUT2D eigenvalue weighted by molar-refractivity contribution is 0.197. The molecule has 0 aromatic heterocycles. The molecule has 5 heteroatoms. The highest BCUT2D eigenvalue weighted by molar-refractivity contribution is 6.84. The van der Waals surface area contributed by atoms with Crippen LogP contribution in [0.15, 0.2) is 24.6 Å². The molecule has 172 valence electrons. The van der Waals surface area contributed by atoms with Gasteiger partial charge < -0.3 is 13.0 Å². The minimum absolute atomic E-state index is 0.739. The Hall–Kier alpha value is -0.206. The molecule has 3 nitrogen and oxygen atoms in total. The van der Waals surface area contributed by atoms with Gasteiger partial charge in [0.2, 0.25) is 0 Å². The lowest BCUT2D eigenvalue weighted by Crippen LogP contribution is -2.50. The van der Waals surface area contributed by atoms with Crippen molar-refractivity contribution >= 4 is 17.1 Å². The highest BCUT2D eigenvalue weighted by Gasteiger charge is 2.39. The maximum Gasteiger partial charge on any atom is 0.352 e. The largest absolute Gasteiger partial charge is 0.409 e. The summed E-state index contributed by atoms with van der Waals surface area (Å²) >= 11 is 0. The van der Waals surface area contributed by atoms with Crippen molar-refractivity contribution in [3.8, 4) is 0 Å². The first-order chi connectivity index (χ1) is 13.9. The molecule has 0 aliphatic rings. The van der Waals surface area contributed by atoms with Gasteiger partial charge in [-0.3, -0.25) is 0 Å². The van der Waals surface area contributed by atoms with Gasteiger partial charge in [-0.05, 0) is 25.9 Å². The second kappa shape index (κ2) is 18.6. The van der Waals surface area contributed by atoms with Gasteiger partial charge >= 0.3 is 17.1 Å². The number of rotatable bonds is 22. The molecule has 0 aliphatic heterocycles. The van der Waals surface area contributed by atoms with Gasteiger partial charge in [-0.25, -0.2) is 0 Å². The monoisotopic (exact) mass is 442 g/mol. The van der Waals surface area contributed by atoms with E-state index in [4.69, 9.17) is 13.0 Å². The second-order valence-electron chi connectivity index (χ2n) is 8.48. The van der Waals surface area contributed by atoms with Crippen LogP contribution in [0.3, 0.4) is 0 Å². The maximum atomic E-state index is 6.40. The highest BCUT2D eigenvalue weighted by Crippen LogP contribution is 2.20. The number of unbranched alkanes of at least 4 members (excludes halogenated alkanes) is 12. The van der Waals surface area contributed by atoms with E-state index in [1.807, 2.05) is 11.4 Å². The summed E-state index contributed by atoms with van der Waals surface area (Å²) in [7, 11) is -4.82. The third kappa shape index (κ3) is 16.2. The minimum atomic E-state index is -2.42. The van der Waals surface area contributed by atoms with Crippen molar-refractivity contribution in [1.29, 1.82) is 0 Å². The van der Waals surface area contributed by atoms with Crippen LogP contribution in [0.25, 0.3) is 0 Å². The smallest absolute Gasteiger partial charge is 0.352 e. The normalized spacial score (nSPS) is 15.6. The summed E-state index contributed by atoms with van der Waals surface area (Å²) in [5.41, 5.74) is 3.76. The molecule has 0 aromatic carbocycles. The van der Waals surface area contributed by atoms with Crippen LogP contribution in [0.5, 0.6) is 0 Å². The van der Waals surface area contributed by atoms with E-state index in [1.165, 1.54) is 77.0 Å². The lowest BCUT2D eigenvalue weighted by Gasteiger charge is -2.33. The second-order valence-corrected chi connectivity index (χ2v) is 14.8. The third-order valence-electron chi connectivity index (χ3n) is 5.42. The molecule has 0 fully saturated rings. The molecule has 0 bridgehead atoms. The van der Waals surface area contributed by atoms with E-state index in [0.717, 1.165) is 26.1 Å². The van der Waals surface area contributed by atoms with E-state index in [2.05, 4.69) is 40.1 Å². The Morgan fingerprint density at radius 3 is 1.24 bits per heavy atom. The molecule has 0 saturated heterocycles. The number of hydrogen-bond acceptors (Lipinski definition) is 3. The first-order valence-electron chi connectivity index (χ1n) is 12.2. The summed E-state index contributed by atoms with van der Waals surface area (Å²) in [6.45, 7) is 18.0. The minimum Gasteiger partial charge on any atom is -0.409 e. The molecule has 0 aromatic rings. The fourth-order valence-electron chi connectivity index (χ4n) is 3.33. The average molecular weight is 443 g/mol. The van der Waals surface area contributed by atoms with Crippen molar-refractivity contribution in [2.45, 2.75) is 117 Å². The van der Waals surface area contributed by atoms with Crippen LogP contribution in [0, 0.1) is 0 Å². The van der Waals surface area contributed by atoms with Crippen LogP contribution in [-0.4, -0.2) is 30.3 Å². The summed E-state index contributed by atoms with van der Waals surface area (Å²) in [4.78, 5) is 0. The Morgan fingerprint density at radius 2 is 0.862 bits per heavy atom. The fourth-order valence-corrected chi connectivity index (χ4v) is 9.02. The van der Waals surface area contributed by atoms with E-state index in [-0.39, 0.29) is 0 Å². The zero-order valence-electron chi connectivity index (χ0n) is 20.1. The molecule has 0 amide bonds. The molecule has 0 N–H and O–H groups in total. The Bertz CT molecular complexity index is 406. The first kappa shape index (κ1) is 28.8. The summed E-state index contributed by atoms with van der Waals surface area (Å²) in [5, 5.41) is 0. The van der Waals surface area contributed by atoms with Crippen molar-refractivity contribution in [3.63, 3.8) is 0 Å². The Morgan fingerprint density at radius 1 is 0.552 bits per heavy atom. The van der Waals surface area contributed by atoms with Gasteiger partial charge in [0.1, 0.15) is 0 Å². The number of hydrogen-bond donors (Lipinski definition) is 0. The molecule has 29 heavy (non-hydrogen) atoms. The van der Waals surface area contributed by atoms with E-state index < -0.39 is 17.1 Å². The molecule has 0 aliphatic carbocycles. The quantitative estimate of drug-likeness (QED) is 0.125. The van der Waals surface area contributed by atoms with Gasteiger partial charge in [0.25, 0.3) is 0 Å². The van der Waals surface area contributed by atoms with Crippen LogP contribution < -0.4 is 0 Å². The van der Waals surface area contributed by atoms with E-state index >= 15 is 0 Å². The van der Waals surface area contributed by atoms with E-state index in [0.29, 0.717) is 0 Å². The highest BCUT2D eigenvalue weighted by atomic mass is 28.5. The van der Waals surface area contributed by atoms with Crippen molar-refractivity contribution in [2.75, 3.05) is 13.2 Å². The summed E-state index contributed by atoms with van der Waals surface area (Å²) in [6, 6.07) is 0. The van der Waals surface area contributed by atoms with Gasteiger partial charge in [0, 0.05) is 13.2 Å². The average Bonchev–Trinajstić information content (AvgIpc) is 2.72. The molecule has 0 saturated carbocycles.